The summed E-state index contributed by atoms with van der Waals surface area (Å²) in [6, 6.07) is 9.43. The number of rotatable bonds is 26. The molecule has 0 bridgehead atoms. The van der Waals surface area contributed by atoms with E-state index < -0.39 is 116 Å². The number of hydrogen-bond donors (Lipinski definition) is 11. The highest BCUT2D eigenvalue weighted by atomic mass is 31.2. The summed E-state index contributed by atoms with van der Waals surface area (Å²) in [5.41, 5.74) is 12.8. The first-order valence-electron chi connectivity index (χ1n) is 26.5. The lowest BCUT2D eigenvalue weighted by molar-refractivity contribution is -0.145. The summed E-state index contributed by atoms with van der Waals surface area (Å²) in [5, 5.41) is 34.5. The number of phosphoric ester groups is 1. The van der Waals surface area contributed by atoms with Crippen LogP contribution in [0.15, 0.2) is 65.7 Å². The van der Waals surface area contributed by atoms with Gasteiger partial charge in [-0.15, -0.1) is 0 Å². The van der Waals surface area contributed by atoms with Gasteiger partial charge in [0.1, 0.15) is 42.3 Å². The van der Waals surface area contributed by atoms with Gasteiger partial charge in [-0.1, -0.05) is 74.5 Å². The number of benzene rings is 2. The first kappa shape index (κ1) is 62.3. The van der Waals surface area contributed by atoms with Gasteiger partial charge in [-0.05, 0) is 88.7 Å². The Morgan fingerprint density at radius 1 is 0.654 bits per heavy atom. The van der Waals surface area contributed by atoms with Gasteiger partial charge in [0.05, 0.1) is 18.8 Å². The maximum Gasteiger partial charge on any atom is 0.469 e. The molecule has 0 radical (unpaired) electrons. The van der Waals surface area contributed by atoms with Gasteiger partial charge >= 0.3 is 7.82 Å². The van der Waals surface area contributed by atoms with Crippen molar-refractivity contribution in [1.29, 1.82) is 0 Å². The van der Waals surface area contributed by atoms with Gasteiger partial charge in [0, 0.05) is 45.1 Å². The molecule has 10 atom stereocenters. The number of aliphatic hydroxyl groups excluding tert-OH is 2. The molecule has 0 saturated carbocycles. The first-order valence-corrected chi connectivity index (χ1v) is 28.0. The van der Waals surface area contributed by atoms with Crippen LogP contribution in [0.25, 0.3) is 0 Å². The number of carbonyl (C=O) groups excluding carboxylic acids is 8. The van der Waals surface area contributed by atoms with E-state index in [4.69, 9.17) is 11.5 Å². The number of hydrogen-bond acceptors (Lipinski definition) is 13. The van der Waals surface area contributed by atoms with E-state index in [-0.39, 0.29) is 82.0 Å². The van der Waals surface area contributed by atoms with Crippen LogP contribution in [0.1, 0.15) is 109 Å². The fourth-order valence-electron chi connectivity index (χ4n) is 10.4. The van der Waals surface area contributed by atoms with Crippen molar-refractivity contribution >= 4 is 61.0 Å². The number of nitrogens with one attached hydrogen (secondary N) is 5. The van der Waals surface area contributed by atoms with Crippen LogP contribution < -0.4 is 38.1 Å². The number of carbonyl (C=O) groups is 8. The van der Waals surface area contributed by atoms with E-state index >= 15 is 0 Å². The number of nitrogens with zero attached hydrogens (tertiary/aromatic N) is 4. The molecular formula is C52H78N11O14P. The third-order valence-corrected chi connectivity index (χ3v) is 14.5. The minimum atomic E-state index is -5.28. The Hall–Kier alpha value is -6.50. The molecule has 13 N–H and O–H groups in total. The maximum atomic E-state index is 14.6. The van der Waals surface area contributed by atoms with Gasteiger partial charge in [0.25, 0.3) is 0 Å². The molecule has 3 heterocycles. The van der Waals surface area contributed by atoms with Crippen LogP contribution >= 0.6 is 7.82 Å². The molecule has 0 aromatic heterocycles. The third kappa shape index (κ3) is 17.5. The predicted octanol–water partition coefficient (Wildman–Crippen LogP) is -0.794. The second kappa shape index (κ2) is 28.9. The Balaban J connectivity index is 1.30. The molecule has 0 aliphatic carbocycles. The highest BCUT2D eigenvalue weighted by Gasteiger charge is 2.45. The highest BCUT2D eigenvalue weighted by molar-refractivity contribution is 7.46. The van der Waals surface area contributed by atoms with E-state index in [1.807, 2.05) is 60.7 Å². The molecule has 2 aromatic carbocycles. The van der Waals surface area contributed by atoms with Crippen LogP contribution in [0.2, 0.25) is 0 Å². The van der Waals surface area contributed by atoms with Crippen LogP contribution in [-0.2, 0) is 47.4 Å². The smallest absolute Gasteiger partial charge is 0.391 e. The van der Waals surface area contributed by atoms with Crippen LogP contribution in [0.3, 0.4) is 0 Å². The van der Waals surface area contributed by atoms with Crippen molar-refractivity contribution in [2.45, 2.75) is 159 Å². The molecule has 5 rings (SSSR count). The van der Waals surface area contributed by atoms with Gasteiger partial charge in [-0.3, -0.25) is 47.9 Å². The molecule has 0 unspecified atom stereocenters. The molecule has 78 heavy (non-hydrogen) atoms. The van der Waals surface area contributed by atoms with E-state index in [1.54, 1.807) is 18.7 Å². The summed E-state index contributed by atoms with van der Waals surface area (Å²) in [5.74, 6) is -6.86. The molecule has 3 saturated heterocycles. The Bertz CT molecular complexity index is 2440. The minimum absolute atomic E-state index is 0.000969. The fraction of sp³-hybridized carbons (Fsp3) is 0.596. The second-order valence-corrected chi connectivity index (χ2v) is 21.9. The zero-order valence-corrected chi connectivity index (χ0v) is 45.8. The number of nitrogens with two attached hydrogens (primary N) is 2. The molecule has 3 aliphatic rings. The SMILES string of the molecule is CC(=O)N[C@H](CCCN=C(N)N)C(=O)N[C@H](C(=O)N1CCC[C@H]1C(=O)N[C@@H](COP(=O)(O)O)C(=O)N[C@@H](CC(C)C)C(=O)N1CCC[C@H]1C(=O)N[C@@H](C(=O)N1CCC[C@H]1C(c1ccccc1)c1ccccc1)[C@@H](C)O)[C@H](C)O. The van der Waals surface area contributed by atoms with Gasteiger partial charge < -0.3 is 72.8 Å². The number of amides is 8. The number of phosphoric acid groups is 1. The Labute approximate surface area is 454 Å². The molecule has 430 valence electrons. The van der Waals surface area contributed by atoms with Crippen molar-refractivity contribution in [2.24, 2.45) is 22.4 Å². The van der Waals surface area contributed by atoms with Crippen LogP contribution in [0.5, 0.6) is 0 Å². The van der Waals surface area contributed by atoms with Crippen molar-refractivity contribution in [1.82, 2.24) is 41.3 Å². The molecule has 0 spiro atoms. The fourth-order valence-corrected chi connectivity index (χ4v) is 10.8. The van der Waals surface area contributed by atoms with Crippen molar-refractivity contribution < 1.29 is 67.4 Å². The minimum Gasteiger partial charge on any atom is -0.391 e. The van der Waals surface area contributed by atoms with E-state index in [0.717, 1.165) is 16.0 Å². The second-order valence-electron chi connectivity index (χ2n) is 20.6. The zero-order valence-electron chi connectivity index (χ0n) is 44.9. The Morgan fingerprint density at radius 2 is 1.14 bits per heavy atom. The van der Waals surface area contributed by atoms with E-state index in [0.29, 0.717) is 25.8 Å². The van der Waals surface area contributed by atoms with Gasteiger partial charge in [0.15, 0.2) is 5.96 Å². The molecule has 3 fully saturated rings. The molecule has 8 amide bonds. The molecule has 3 aliphatic heterocycles. The third-order valence-electron chi connectivity index (χ3n) is 14.1. The molecular weight excluding hydrogens is 1030 g/mol. The molecule has 26 heteroatoms. The van der Waals surface area contributed by atoms with E-state index in [1.165, 1.54) is 25.7 Å². The normalized spacial score (nSPS) is 20.2. The van der Waals surface area contributed by atoms with Crippen LogP contribution in [0.4, 0.5) is 0 Å². The Kier molecular flexibility index (Phi) is 23.1. The first-order chi connectivity index (χ1) is 36.9. The number of aliphatic hydroxyl groups is 2. The summed E-state index contributed by atoms with van der Waals surface area (Å²) in [6.07, 6.45) is -0.359. The monoisotopic (exact) mass is 1110 g/mol. The van der Waals surface area contributed by atoms with Gasteiger partial charge in [-0.25, -0.2) is 4.57 Å². The van der Waals surface area contributed by atoms with Crippen molar-refractivity contribution in [2.75, 3.05) is 32.8 Å². The molecule has 25 nitrogen and oxygen atoms in total. The van der Waals surface area contributed by atoms with E-state index in [9.17, 15) is 62.9 Å². The lowest BCUT2D eigenvalue weighted by Gasteiger charge is -2.36. The summed E-state index contributed by atoms with van der Waals surface area (Å²) in [6.45, 7) is 6.82. The molecule has 2 aromatic rings. The lowest BCUT2D eigenvalue weighted by atomic mass is 9.83. The zero-order chi connectivity index (χ0) is 57.4. The average Bonchev–Trinajstić information content (AvgIpc) is 4.23. The number of likely N-dealkylation sites (tertiary alicyclic amines) is 3. The van der Waals surface area contributed by atoms with Crippen LogP contribution in [-0.4, -0.2) is 181 Å². The summed E-state index contributed by atoms with van der Waals surface area (Å²) in [7, 11) is -5.28. The number of aliphatic imine (C=N–C) groups is 1. The van der Waals surface area contributed by atoms with Gasteiger partial charge in [-0.2, -0.15) is 0 Å². The van der Waals surface area contributed by atoms with Crippen molar-refractivity contribution in [3.8, 4) is 0 Å². The summed E-state index contributed by atoms with van der Waals surface area (Å²) >= 11 is 0. The van der Waals surface area contributed by atoms with Crippen molar-refractivity contribution in [3.05, 3.63) is 71.8 Å². The van der Waals surface area contributed by atoms with Crippen LogP contribution in [0, 0.1) is 5.92 Å². The lowest BCUT2D eigenvalue weighted by Crippen LogP contribution is -2.62. The maximum absolute atomic E-state index is 14.6. The summed E-state index contributed by atoms with van der Waals surface area (Å²) in [4.78, 5) is 138. The highest BCUT2D eigenvalue weighted by Crippen LogP contribution is 2.38. The Morgan fingerprint density at radius 3 is 1.65 bits per heavy atom. The largest absolute Gasteiger partial charge is 0.469 e. The quantitative estimate of drug-likeness (QED) is 0.0238. The summed E-state index contributed by atoms with van der Waals surface area (Å²) < 4.78 is 16.7. The average molecular weight is 1110 g/mol. The van der Waals surface area contributed by atoms with Gasteiger partial charge in [0.2, 0.25) is 47.3 Å². The van der Waals surface area contributed by atoms with Crippen molar-refractivity contribution in [3.63, 3.8) is 0 Å². The topological polar surface area (TPSA) is 378 Å². The standard InChI is InChI=1S/C52H78N11O14P/c1-30(2)28-37(49(71)62-26-14-23-41(62)48(70)60-44(32(4)65)50(72)61-25-13-21-39(61)42(34-16-8-6-9-17-34)35-18-10-7-11-19-35)57-46(68)38(29-77-78(74,75)76)58-47(69)40-22-15-27-63(40)51(73)43(31(3)64)59-45(67)36(56-33(5)66)20-12-24-55-52(53)54/h6-11,16-19,30-32,36-44,64-65H,12-15,20-29H2,1-5H3,(H,56,66)(H,57,68)(H,58,69)(H,59,67)(H,60,70)(H4,53,54,55)(H2,74,75,76)/t31-,32+,36+,37-,38-,39-,40-,41-,43-,44+/m0/s1. The van der Waals surface area contributed by atoms with E-state index in [2.05, 4.69) is 36.1 Å². The number of guanidine groups is 1. The predicted molar refractivity (Wildman–Crippen MR) is 285 cm³/mol.